The molecule has 1 saturated heterocycles. The first kappa shape index (κ1) is 14.5. The van der Waals surface area contributed by atoms with Gasteiger partial charge in [-0.3, -0.25) is 9.59 Å². The minimum atomic E-state index is -0.666. The molecule has 0 bridgehead atoms. The van der Waals surface area contributed by atoms with Gasteiger partial charge in [-0.2, -0.15) is 5.26 Å². The maximum absolute atomic E-state index is 12.2. The second-order valence-corrected chi connectivity index (χ2v) is 4.21. The van der Waals surface area contributed by atoms with Crippen LogP contribution >= 0.6 is 0 Å². The Labute approximate surface area is 107 Å². The van der Waals surface area contributed by atoms with E-state index in [1.165, 1.54) is 11.9 Å². The molecule has 0 aliphatic carbocycles. The van der Waals surface area contributed by atoms with Crippen molar-refractivity contribution in [3.8, 4) is 6.07 Å². The molecule has 100 valence electrons. The zero-order valence-corrected chi connectivity index (χ0v) is 10.8. The normalized spacial score (nSPS) is 20.9. The summed E-state index contributed by atoms with van der Waals surface area (Å²) in [5, 5.41) is 11.5. The quantitative estimate of drug-likeness (QED) is 0.758. The second kappa shape index (κ2) is 6.97. The average Bonchev–Trinajstić information content (AvgIpc) is 2.43. The summed E-state index contributed by atoms with van der Waals surface area (Å²) in [7, 11) is 1.52. The van der Waals surface area contributed by atoms with Crippen LogP contribution in [0.15, 0.2) is 0 Å². The highest BCUT2D eigenvalue weighted by molar-refractivity contribution is 5.89. The van der Waals surface area contributed by atoms with Crippen molar-refractivity contribution in [3.05, 3.63) is 0 Å². The molecule has 2 unspecified atom stereocenters. The summed E-state index contributed by atoms with van der Waals surface area (Å²) in [4.78, 5) is 25.4. The molecule has 1 fully saturated rings. The topological polar surface area (TPSA) is 82.4 Å². The van der Waals surface area contributed by atoms with Gasteiger partial charge in [0, 0.05) is 13.6 Å². The van der Waals surface area contributed by atoms with E-state index in [1.807, 2.05) is 13.0 Å². The molecule has 1 aliphatic heterocycles. The molecule has 0 spiro atoms. The SMILES string of the molecule is CCCC(C#N)C(=O)N1CCOCC1C(=O)NC. The number of carbonyl (C=O) groups excluding carboxylic acids is 2. The smallest absolute Gasteiger partial charge is 0.244 e. The first-order valence-corrected chi connectivity index (χ1v) is 6.15. The van der Waals surface area contributed by atoms with E-state index in [-0.39, 0.29) is 18.4 Å². The van der Waals surface area contributed by atoms with Crippen LogP contribution in [0, 0.1) is 17.2 Å². The van der Waals surface area contributed by atoms with Gasteiger partial charge in [0.2, 0.25) is 11.8 Å². The molecule has 2 amide bonds. The summed E-state index contributed by atoms with van der Waals surface area (Å²) in [5.41, 5.74) is 0. The molecule has 0 aromatic rings. The zero-order chi connectivity index (χ0) is 13.5. The zero-order valence-electron chi connectivity index (χ0n) is 10.8. The molecule has 1 rings (SSSR count). The largest absolute Gasteiger partial charge is 0.377 e. The van der Waals surface area contributed by atoms with Gasteiger partial charge in [0.15, 0.2) is 0 Å². The van der Waals surface area contributed by atoms with Gasteiger partial charge in [0.25, 0.3) is 0 Å². The number of rotatable bonds is 4. The summed E-state index contributed by atoms with van der Waals surface area (Å²) in [6.07, 6.45) is 1.28. The van der Waals surface area contributed by atoms with Crippen molar-refractivity contribution in [2.45, 2.75) is 25.8 Å². The monoisotopic (exact) mass is 253 g/mol. The van der Waals surface area contributed by atoms with Crippen LogP contribution in [-0.4, -0.2) is 49.6 Å². The minimum Gasteiger partial charge on any atom is -0.377 e. The Morgan fingerprint density at radius 1 is 1.61 bits per heavy atom. The molecule has 0 radical (unpaired) electrons. The van der Waals surface area contributed by atoms with E-state index in [4.69, 9.17) is 10.00 Å². The van der Waals surface area contributed by atoms with Crippen molar-refractivity contribution in [1.82, 2.24) is 10.2 Å². The van der Waals surface area contributed by atoms with Gasteiger partial charge in [0.1, 0.15) is 12.0 Å². The van der Waals surface area contributed by atoms with E-state index in [1.54, 1.807) is 0 Å². The summed E-state index contributed by atoms with van der Waals surface area (Å²) in [6, 6.07) is 1.39. The molecule has 1 N–H and O–H groups in total. The van der Waals surface area contributed by atoms with Crippen LogP contribution in [0.2, 0.25) is 0 Å². The number of morpholine rings is 1. The molecule has 0 saturated carbocycles. The fraction of sp³-hybridized carbons (Fsp3) is 0.750. The summed E-state index contributed by atoms with van der Waals surface area (Å²) >= 11 is 0. The molecule has 2 atom stereocenters. The third-order valence-corrected chi connectivity index (χ3v) is 2.99. The van der Waals surface area contributed by atoms with E-state index in [2.05, 4.69) is 5.32 Å². The van der Waals surface area contributed by atoms with Gasteiger partial charge in [-0.1, -0.05) is 13.3 Å². The van der Waals surface area contributed by atoms with Gasteiger partial charge in [-0.05, 0) is 6.42 Å². The molecule has 1 aliphatic rings. The Bertz CT molecular complexity index is 351. The lowest BCUT2D eigenvalue weighted by atomic mass is 10.0. The number of amides is 2. The van der Waals surface area contributed by atoms with Crippen LogP contribution in [0.25, 0.3) is 0 Å². The van der Waals surface area contributed by atoms with Gasteiger partial charge in [-0.15, -0.1) is 0 Å². The number of ether oxygens (including phenoxy) is 1. The lowest BCUT2D eigenvalue weighted by Crippen LogP contribution is -2.56. The number of nitrogens with zero attached hydrogens (tertiary/aromatic N) is 2. The van der Waals surface area contributed by atoms with Crippen molar-refractivity contribution in [2.75, 3.05) is 26.8 Å². The van der Waals surface area contributed by atoms with Gasteiger partial charge < -0.3 is 15.0 Å². The molecule has 6 nitrogen and oxygen atoms in total. The maximum Gasteiger partial charge on any atom is 0.244 e. The van der Waals surface area contributed by atoms with Crippen LogP contribution in [0.4, 0.5) is 0 Å². The fourth-order valence-corrected chi connectivity index (χ4v) is 1.98. The van der Waals surface area contributed by atoms with Crippen LogP contribution in [-0.2, 0) is 14.3 Å². The number of nitrogens with one attached hydrogen (secondary N) is 1. The highest BCUT2D eigenvalue weighted by Gasteiger charge is 2.35. The van der Waals surface area contributed by atoms with Crippen molar-refractivity contribution in [3.63, 3.8) is 0 Å². The Kier molecular flexibility index (Phi) is 5.59. The Hall–Kier alpha value is -1.61. The van der Waals surface area contributed by atoms with E-state index in [0.717, 1.165) is 6.42 Å². The molecule has 0 aromatic carbocycles. The molecule has 18 heavy (non-hydrogen) atoms. The van der Waals surface area contributed by atoms with Crippen LogP contribution in [0.5, 0.6) is 0 Å². The molecular weight excluding hydrogens is 234 g/mol. The standard InChI is InChI=1S/C12H19N3O3/c1-3-4-9(7-13)12(17)15-5-6-18-8-10(15)11(16)14-2/h9-10H,3-6,8H2,1-2H3,(H,14,16). The van der Waals surface area contributed by atoms with Crippen LogP contribution in [0.1, 0.15) is 19.8 Å². The number of hydrogen-bond donors (Lipinski definition) is 1. The van der Waals surface area contributed by atoms with E-state index in [9.17, 15) is 9.59 Å². The first-order chi connectivity index (χ1) is 8.65. The Balaban J connectivity index is 2.80. The Morgan fingerprint density at radius 3 is 2.89 bits per heavy atom. The number of nitriles is 1. The lowest BCUT2D eigenvalue weighted by Gasteiger charge is -2.35. The Morgan fingerprint density at radius 2 is 2.33 bits per heavy atom. The number of hydrogen-bond acceptors (Lipinski definition) is 4. The van der Waals surface area contributed by atoms with Gasteiger partial charge >= 0.3 is 0 Å². The highest BCUT2D eigenvalue weighted by atomic mass is 16.5. The predicted molar refractivity (Wildman–Crippen MR) is 64.4 cm³/mol. The molecular formula is C12H19N3O3. The molecule has 6 heteroatoms. The lowest BCUT2D eigenvalue weighted by molar-refractivity contribution is -0.150. The third-order valence-electron chi connectivity index (χ3n) is 2.99. The summed E-state index contributed by atoms with van der Waals surface area (Å²) < 4.78 is 5.22. The van der Waals surface area contributed by atoms with Gasteiger partial charge in [0.05, 0.1) is 19.3 Å². The van der Waals surface area contributed by atoms with E-state index >= 15 is 0 Å². The minimum absolute atomic E-state index is 0.190. The van der Waals surface area contributed by atoms with Crippen molar-refractivity contribution < 1.29 is 14.3 Å². The van der Waals surface area contributed by atoms with Gasteiger partial charge in [-0.25, -0.2) is 0 Å². The number of likely N-dealkylation sites (N-methyl/N-ethyl adjacent to an activating group) is 1. The van der Waals surface area contributed by atoms with Crippen LogP contribution in [0.3, 0.4) is 0 Å². The molecule has 1 heterocycles. The van der Waals surface area contributed by atoms with Crippen molar-refractivity contribution in [1.29, 1.82) is 5.26 Å². The maximum atomic E-state index is 12.2. The average molecular weight is 253 g/mol. The predicted octanol–water partition coefficient (Wildman–Crippen LogP) is -0.100. The highest BCUT2D eigenvalue weighted by Crippen LogP contribution is 2.15. The summed E-state index contributed by atoms with van der Waals surface area (Å²) in [6.45, 7) is 2.88. The second-order valence-electron chi connectivity index (χ2n) is 4.21. The van der Waals surface area contributed by atoms with Crippen molar-refractivity contribution >= 4 is 11.8 Å². The van der Waals surface area contributed by atoms with Crippen LogP contribution < -0.4 is 5.32 Å². The molecule has 0 aromatic heterocycles. The van der Waals surface area contributed by atoms with Crippen molar-refractivity contribution in [2.24, 2.45) is 5.92 Å². The fourth-order valence-electron chi connectivity index (χ4n) is 1.98. The summed E-state index contributed by atoms with van der Waals surface area (Å²) in [5.74, 6) is -1.19. The van der Waals surface area contributed by atoms with E-state index < -0.39 is 12.0 Å². The van der Waals surface area contributed by atoms with E-state index in [0.29, 0.717) is 19.6 Å². The number of carbonyl (C=O) groups is 2. The third kappa shape index (κ3) is 3.20. The first-order valence-electron chi connectivity index (χ1n) is 6.15.